The molecule has 1 aromatic carbocycles. The van der Waals surface area contributed by atoms with E-state index >= 15 is 0 Å². The van der Waals surface area contributed by atoms with Crippen molar-refractivity contribution in [3.63, 3.8) is 0 Å². The second-order valence-electron chi connectivity index (χ2n) is 8.86. The van der Waals surface area contributed by atoms with Crippen LogP contribution in [-0.4, -0.2) is 47.2 Å². The molecule has 3 aromatic heterocycles. The zero-order valence-corrected chi connectivity index (χ0v) is 20.1. The lowest BCUT2D eigenvalue weighted by Gasteiger charge is -2.15. The molecule has 0 saturated carbocycles. The van der Waals surface area contributed by atoms with Gasteiger partial charge in [0.2, 0.25) is 0 Å². The fourth-order valence-corrected chi connectivity index (χ4v) is 4.61. The van der Waals surface area contributed by atoms with Gasteiger partial charge in [-0.3, -0.25) is 14.9 Å². The standard InChI is InChI=1S/C27H30N6O2/c1-34-21-8-6-17(24(13-21)35-2)11-22-25(28)26-23(32-27(22)29)12-19(15-31-26)18-5-7-20(30-14-18)16-33-9-3-4-10-33/h5-8,12-15H,3-4,9-11,16H2,1-2H3,(H4,28,29,32). The van der Waals surface area contributed by atoms with Gasteiger partial charge in [-0.05, 0) is 49.7 Å². The first-order valence-electron chi connectivity index (χ1n) is 11.8. The number of nitrogen functional groups attached to an aromatic ring is 2. The van der Waals surface area contributed by atoms with E-state index in [4.69, 9.17) is 20.9 Å². The maximum Gasteiger partial charge on any atom is 0.129 e. The Morgan fingerprint density at radius 1 is 0.914 bits per heavy atom. The fourth-order valence-electron chi connectivity index (χ4n) is 4.61. The molecular weight excluding hydrogens is 440 g/mol. The second kappa shape index (κ2) is 9.76. The van der Waals surface area contributed by atoms with Crippen molar-refractivity contribution < 1.29 is 9.47 Å². The Labute approximate surface area is 204 Å². The number of anilines is 2. The van der Waals surface area contributed by atoms with Crippen LogP contribution in [0.3, 0.4) is 0 Å². The average Bonchev–Trinajstić information content (AvgIpc) is 3.39. The van der Waals surface area contributed by atoms with Crippen LogP contribution in [0.2, 0.25) is 0 Å². The predicted molar refractivity (Wildman–Crippen MR) is 138 cm³/mol. The molecule has 5 rings (SSSR count). The number of pyridine rings is 3. The maximum atomic E-state index is 6.54. The van der Waals surface area contributed by atoms with Gasteiger partial charge in [0.1, 0.15) is 22.8 Å². The molecule has 0 atom stereocenters. The monoisotopic (exact) mass is 470 g/mol. The molecule has 0 radical (unpaired) electrons. The van der Waals surface area contributed by atoms with E-state index in [0.717, 1.165) is 53.3 Å². The van der Waals surface area contributed by atoms with Crippen LogP contribution in [-0.2, 0) is 13.0 Å². The molecular formula is C27H30N6O2. The second-order valence-corrected chi connectivity index (χ2v) is 8.86. The minimum Gasteiger partial charge on any atom is -0.497 e. The topological polar surface area (TPSA) is 112 Å². The third kappa shape index (κ3) is 4.70. The first-order valence-corrected chi connectivity index (χ1v) is 11.8. The summed E-state index contributed by atoms with van der Waals surface area (Å²) in [6, 6.07) is 11.8. The summed E-state index contributed by atoms with van der Waals surface area (Å²) >= 11 is 0. The third-order valence-electron chi connectivity index (χ3n) is 6.60. The zero-order valence-electron chi connectivity index (χ0n) is 20.1. The minimum atomic E-state index is 0.380. The van der Waals surface area contributed by atoms with Gasteiger partial charge in [-0.2, -0.15) is 0 Å². The SMILES string of the molecule is COc1ccc(Cc2c(N)nc3cc(-c4ccc(CN5CCCC5)nc4)cnc3c2N)c(OC)c1. The largest absolute Gasteiger partial charge is 0.497 e. The first-order chi connectivity index (χ1) is 17.1. The molecule has 0 amide bonds. The minimum absolute atomic E-state index is 0.380. The fraction of sp³-hybridized carbons (Fsp3) is 0.296. The highest BCUT2D eigenvalue weighted by Crippen LogP contribution is 2.33. The van der Waals surface area contributed by atoms with E-state index < -0.39 is 0 Å². The van der Waals surface area contributed by atoms with E-state index in [1.54, 1.807) is 14.2 Å². The molecule has 4 aromatic rings. The summed E-state index contributed by atoms with van der Waals surface area (Å²) in [6.07, 6.45) is 6.72. The molecule has 0 aliphatic carbocycles. The Kier molecular flexibility index (Phi) is 6.37. The maximum absolute atomic E-state index is 6.54. The van der Waals surface area contributed by atoms with Crippen molar-refractivity contribution >= 4 is 22.5 Å². The van der Waals surface area contributed by atoms with Crippen molar-refractivity contribution in [1.29, 1.82) is 0 Å². The Bertz CT molecular complexity index is 1350. The highest BCUT2D eigenvalue weighted by atomic mass is 16.5. The summed E-state index contributed by atoms with van der Waals surface area (Å²) in [5.74, 6) is 1.80. The molecule has 1 aliphatic rings. The number of rotatable bonds is 7. The Balaban J connectivity index is 1.42. The summed E-state index contributed by atoms with van der Waals surface area (Å²) in [5.41, 5.74) is 19.4. The van der Waals surface area contributed by atoms with Crippen LogP contribution in [0.25, 0.3) is 22.2 Å². The van der Waals surface area contributed by atoms with Gasteiger partial charge in [0, 0.05) is 48.1 Å². The van der Waals surface area contributed by atoms with Crippen molar-refractivity contribution in [2.45, 2.75) is 25.8 Å². The van der Waals surface area contributed by atoms with Gasteiger partial charge in [0.25, 0.3) is 0 Å². The van der Waals surface area contributed by atoms with Crippen LogP contribution in [0, 0.1) is 0 Å². The van der Waals surface area contributed by atoms with Gasteiger partial charge in [-0.25, -0.2) is 4.98 Å². The summed E-state index contributed by atoms with van der Waals surface area (Å²) in [7, 11) is 3.25. The molecule has 1 aliphatic heterocycles. The van der Waals surface area contributed by atoms with Gasteiger partial charge >= 0.3 is 0 Å². The molecule has 8 nitrogen and oxygen atoms in total. The molecule has 1 saturated heterocycles. The molecule has 4 N–H and O–H groups in total. The Morgan fingerprint density at radius 3 is 2.43 bits per heavy atom. The van der Waals surface area contributed by atoms with Gasteiger partial charge < -0.3 is 20.9 Å². The normalized spacial score (nSPS) is 13.9. The summed E-state index contributed by atoms with van der Waals surface area (Å²) in [4.78, 5) is 16.4. The van der Waals surface area contributed by atoms with Crippen LogP contribution in [0.4, 0.5) is 11.5 Å². The lowest BCUT2D eigenvalue weighted by molar-refractivity contribution is 0.327. The molecule has 35 heavy (non-hydrogen) atoms. The molecule has 180 valence electrons. The highest BCUT2D eigenvalue weighted by Gasteiger charge is 2.17. The first kappa shape index (κ1) is 22.9. The summed E-state index contributed by atoms with van der Waals surface area (Å²) in [5, 5.41) is 0. The van der Waals surface area contributed by atoms with Gasteiger partial charge in [-0.15, -0.1) is 0 Å². The van der Waals surface area contributed by atoms with Gasteiger partial charge in [0.15, 0.2) is 0 Å². The molecule has 8 heteroatoms. The predicted octanol–water partition coefficient (Wildman–Crippen LogP) is 4.06. The average molecular weight is 471 g/mol. The number of aromatic nitrogens is 3. The van der Waals surface area contributed by atoms with Crippen LogP contribution in [0.15, 0.2) is 48.8 Å². The zero-order chi connectivity index (χ0) is 24.4. The van der Waals surface area contributed by atoms with E-state index in [2.05, 4.69) is 32.0 Å². The number of nitrogens with zero attached hydrogens (tertiary/aromatic N) is 4. The smallest absolute Gasteiger partial charge is 0.129 e. The molecule has 1 fully saturated rings. The van der Waals surface area contributed by atoms with Crippen LogP contribution in [0.1, 0.15) is 29.7 Å². The molecule has 0 bridgehead atoms. The van der Waals surface area contributed by atoms with Crippen LogP contribution in [0.5, 0.6) is 11.5 Å². The third-order valence-corrected chi connectivity index (χ3v) is 6.60. The lowest BCUT2D eigenvalue weighted by Crippen LogP contribution is -2.18. The number of likely N-dealkylation sites (tertiary alicyclic amines) is 1. The molecule has 4 heterocycles. The van der Waals surface area contributed by atoms with Crippen molar-refractivity contribution in [1.82, 2.24) is 19.9 Å². The summed E-state index contributed by atoms with van der Waals surface area (Å²) in [6.45, 7) is 3.20. The molecule has 0 unspecified atom stereocenters. The van der Waals surface area contributed by atoms with Gasteiger partial charge in [0.05, 0.1) is 31.1 Å². The van der Waals surface area contributed by atoms with Crippen molar-refractivity contribution in [3.05, 3.63) is 65.6 Å². The molecule has 0 spiro atoms. The number of hydrogen-bond acceptors (Lipinski definition) is 8. The summed E-state index contributed by atoms with van der Waals surface area (Å²) < 4.78 is 10.8. The van der Waals surface area contributed by atoms with Gasteiger partial charge in [-0.1, -0.05) is 12.1 Å². The van der Waals surface area contributed by atoms with E-state index in [1.165, 1.54) is 12.8 Å². The van der Waals surface area contributed by atoms with E-state index in [-0.39, 0.29) is 0 Å². The lowest BCUT2D eigenvalue weighted by atomic mass is 10.0. The van der Waals surface area contributed by atoms with E-state index in [0.29, 0.717) is 34.7 Å². The number of ether oxygens (including phenoxy) is 2. The highest BCUT2D eigenvalue weighted by molar-refractivity contribution is 5.93. The quantitative estimate of drug-likeness (QED) is 0.416. The number of fused-ring (bicyclic) bond motifs is 1. The Morgan fingerprint density at radius 2 is 1.71 bits per heavy atom. The Hall–Kier alpha value is -3.91. The van der Waals surface area contributed by atoms with Crippen molar-refractivity contribution in [2.24, 2.45) is 0 Å². The van der Waals surface area contributed by atoms with E-state index in [9.17, 15) is 0 Å². The number of hydrogen-bond donors (Lipinski definition) is 2. The van der Waals surface area contributed by atoms with Crippen LogP contribution < -0.4 is 20.9 Å². The van der Waals surface area contributed by atoms with Crippen molar-refractivity contribution in [2.75, 3.05) is 38.8 Å². The number of methoxy groups -OCH3 is 2. The number of nitrogens with two attached hydrogens (primary N) is 2. The van der Waals surface area contributed by atoms with Crippen LogP contribution >= 0.6 is 0 Å². The number of benzene rings is 1. The van der Waals surface area contributed by atoms with Crippen molar-refractivity contribution in [3.8, 4) is 22.6 Å². The van der Waals surface area contributed by atoms with E-state index in [1.807, 2.05) is 36.7 Å².